The van der Waals surface area contributed by atoms with Crippen molar-refractivity contribution >= 4 is 16.9 Å². The van der Waals surface area contributed by atoms with Crippen molar-refractivity contribution in [3.05, 3.63) is 60.4 Å². The van der Waals surface area contributed by atoms with Crippen LogP contribution < -0.4 is 10.6 Å². The Morgan fingerprint density at radius 2 is 1.82 bits per heavy atom. The summed E-state index contributed by atoms with van der Waals surface area (Å²) in [6.07, 6.45) is 8.47. The van der Waals surface area contributed by atoms with Crippen LogP contribution in [0.1, 0.15) is 44.1 Å². The van der Waals surface area contributed by atoms with Gasteiger partial charge >= 0.3 is 0 Å². The summed E-state index contributed by atoms with van der Waals surface area (Å²) in [7, 11) is 0. The molecule has 0 aliphatic heterocycles. The molecule has 2 aromatic carbocycles. The van der Waals surface area contributed by atoms with Crippen LogP contribution in [0.4, 0.5) is 0 Å². The molecule has 0 atom stereocenters. The molecule has 3 aromatic rings. The molecule has 1 heterocycles. The Balaban J connectivity index is 1.24. The van der Waals surface area contributed by atoms with Gasteiger partial charge in [-0.25, -0.2) is 4.98 Å². The average Bonchev–Trinajstić information content (AvgIpc) is 3.17. The smallest absolute Gasteiger partial charge is 0.221 e. The zero-order valence-corrected chi connectivity index (χ0v) is 16.2. The first kappa shape index (κ1) is 18.7. The van der Waals surface area contributed by atoms with Crippen LogP contribution in [-0.4, -0.2) is 28.0 Å². The first-order valence-electron chi connectivity index (χ1n) is 10.3. The molecule has 4 rings (SSSR count). The number of carbonyl (C=O) groups excluding carboxylic acids is 1. The SMILES string of the molecule is O=C(CCNCc1ccc(-n2cnc3ccccc32)cc1)NC1CCCCC1. The third-order valence-electron chi connectivity index (χ3n) is 5.50. The number of benzene rings is 2. The first-order chi connectivity index (χ1) is 13.8. The second-order valence-corrected chi connectivity index (χ2v) is 7.60. The van der Waals surface area contributed by atoms with Crippen LogP contribution in [0.15, 0.2) is 54.9 Å². The van der Waals surface area contributed by atoms with Crippen LogP contribution in [0.2, 0.25) is 0 Å². The van der Waals surface area contributed by atoms with E-state index in [2.05, 4.69) is 50.5 Å². The second-order valence-electron chi connectivity index (χ2n) is 7.60. The molecule has 1 saturated carbocycles. The van der Waals surface area contributed by atoms with Gasteiger partial charge in [0, 0.05) is 31.2 Å². The summed E-state index contributed by atoms with van der Waals surface area (Å²) in [6.45, 7) is 1.47. The van der Waals surface area contributed by atoms with E-state index in [4.69, 9.17) is 0 Å². The summed E-state index contributed by atoms with van der Waals surface area (Å²) in [6, 6.07) is 17.0. The molecule has 1 amide bonds. The Morgan fingerprint density at radius 3 is 2.64 bits per heavy atom. The number of rotatable bonds is 7. The van der Waals surface area contributed by atoms with E-state index < -0.39 is 0 Å². The molecule has 146 valence electrons. The minimum atomic E-state index is 0.168. The Kier molecular flexibility index (Phi) is 6.02. The zero-order chi connectivity index (χ0) is 19.2. The number of nitrogens with zero attached hydrogens (tertiary/aromatic N) is 2. The normalized spacial score (nSPS) is 15.0. The number of carbonyl (C=O) groups is 1. The van der Waals surface area contributed by atoms with Gasteiger partial charge in [0.1, 0.15) is 6.33 Å². The van der Waals surface area contributed by atoms with Crippen molar-refractivity contribution in [3.63, 3.8) is 0 Å². The standard InChI is InChI=1S/C23H28N4O/c28-23(26-19-6-2-1-3-7-19)14-15-24-16-18-10-12-20(13-11-18)27-17-25-21-8-4-5-9-22(21)27/h4-5,8-13,17,19,24H,1-3,6-7,14-16H2,(H,26,28). The van der Waals surface area contributed by atoms with E-state index in [1.54, 1.807) is 0 Å². The summed E-state index contributed by atoms with van der Waals surface area (Å²) >= 11 is 0. The molecular weight excluding hydrogens is 348 g/mol. The molecule has 0 radical (unpaired) electrons. The molecule has 1 aromatic heterocycles. The Labute approximate surface area is 166 Å². The summed E-state index contributed by atoms with van der Waals surface area (Å²) in [5.74, 6) is 0.168. The lowest BCUT2D eigenvalue weighted by Gasteiger charge is -2.22. The van der Waals surface area contributed by atoms with Gasteiger partial charge in [0.25, 0.3) is 0 Å². The summed E-state index contributed by atoms with van der Waals surface area (Å²) in [5.41, 5.74) is 4.42. The Morgan fingerprint density at radius 1 is 1.04 bits per heavy atom. The summed E-state index contributed by atoms with van der Waals surface area (Å²) in [4.78, 5) is 16.5. The highest BCUT2D eigenvalue weighted by Crippen LogP contribution is 2.19. The molecule has 1 fully saturated rings. The number of amides is 1. The number of fused-ring (bicyclic) bond motifs is 1. The summed E-state index contributed by atoms with van der Waals surface area (Å²) < 4.78 is 2.10. The monoisotopic (exact) mass is 376 g/mol. The van der Waals surface area contributed by atoms with Crippen LogP contribution in [-0.2, 0) is 11.3 Å². The van der Waals surface area contributed by atoms with Gasteiger partial charge in [-0.1, -0.05) is 43.5 Å². The molecule has 0 saturated heterocycles. The minimum Gasteiger partial charge on any atom is -0.353 e. The van der Waals surface area contributed by atoms with Crippen molar-refractivity contribution in [1.82, 2.24) is 20.2 Å². The third kappa shape index (κ3) is 4.60. The van der Waals surface area contributed by atoms with Crippen LogP contribution in [0.25, 0.3) is 16.7 Å². The molecule has 5 heteroatoms. The number of imidazole rings is 1. The van der Waals surface area contributed by atoms with E-state index in [1.165, 1.54) is 24.8 Å². The molecule has 0 spiro atoms. The fourth-order valence-corrected chi connectivity index (χ4v) is 3.92. The van der Waals surface area contributed by atoms with Gasteiger partial charge in [0.15, 0.2) is 0 Å². The Hall–Kier alpha value is -2.66. The zero-order valence-electron chi connectivity index (χ0n) is 16.2. The van der Waals surface area contributed by atoms with Crippen molar-refractivity contribution in [2.24, 2.45) is 0 Å². The van der Waals surface area contributed by atoms with Crippen LogP contribution in [0, 0.1) is 0 Å². The number of hydrogen-bond acceptors (Lipinski definition) is 3. The Bertz CT molecular complexity index is 910. The van der Waals surface area contributed by atoms with E-state index in [0.29, 0.717) is 19.0 Å². The average molecular weight is 377 g/mol. The molecule has 5 nitrogen and oxygen atoms in total. The van der Waals surface area contributed by atoms with Crippen LogP contribution >= 0.6 is 0 Å². The molecule has 1 aliphatic carbocycles. The lowest BCUT2D eigenvalue weighted by atomic mass is 9.95. The van der Waals surface area contributed by atoms with E-state index in [-0.39, 0.29) is 5.91 Å². The van der Waals surface area contributed by atoms with E-state index in [9.17, 15) is 4.79 Å². The highest BCUT2D eigenvalue weighted by molar-refractivity contribution is 5.77. The molecular formula is C23H28N4O. The molecule has 1 aliphatic rings. The van der Waals surface area contributed by atoms with Gasteiger partial charge in [0.2, 0.25) is 5.91 Å². The maximum Gasteiger partial charge on any atom is 0.221 e. The van der Waals surface area contributed by atoms with Gasteiger partial charge in [-0.15, -0.1) is 0 Å². The van der Waals surface area contributed by atoms with Crippen molar-refractivity contribution in [1.29, 1.82) is 0 Å². The third-order valence-corrected chi connectivity index (χ3v) is 5.50. The van der Waals surface area contributed by atoms with Gasteiger partial charge in [-0.2, -0.15) is 0 Å². The number of nitrogens with one attached hydrogen (secondary N) is 2. The number of hydrogen-bond donors (Lipinski definition) is 2. The quantitative estimate of drug-likeness (QED) is 0.614. The molecule has 0 bridgehead atoms. The van der Waals surface area contributed by atoms with Crippen molar-refractivity contribution in [3.8, 4) is 5.69 Å². The highest BCUT2D eigenvalue weighted by atomic mass is 16.1. The lowest BCUT2D eigenvalue weighted by molar-refractivity contribution is -0.121. The number of aromatic nitrogens is 2. The maximum absolute atomic E-state index is 12.0. The van der Waals surface area contributed by atoms with E-state index in [1.807, 2.05) is 24.5 Å². The van der Waals surface area contributed by atoms with Crippen LogP contribution in [0.5, 0.6) is 0 Å². The van der Waals surface area contributed by atoms with E-state index in [0.717, 1.165) is 36.1 Å². The number of para-hydroxylation sites is 2. The van der Waals surface area contributed by atoms with Gasteiger partial charge in [-0.3, -0.25) is 9.36 Å². The topological polar surface area (TPSA) is 59.0 Å². The molecule has 28 heavy (non-hydrogen) atoms. The van der Waals surface area contributed by atoms with Gasteiger partial charge in [-0.05, 0) is 42.7 Å². The highest BCUT2D eigenvalue weighted by Gasteiger charge is 2.15. The molecule has 2 N–H and O–H groups in total. The van der Waals surface area contributed by atoms with E-state index >= 15 is 0 Å². The van der Waals surface area contributed by atoms with Gasteiger partial charge < -0.3 is 10.6 Å². The minimum absolute atomic E-state index is 0.168. The molecule has 0 unspecified atom stereocenters. The van der Waals surface area contributed by atoms with Crippen molar-refractivity contribution in [2.75, 3.05) is 6.54 Å². The maximum atomic E-state index is 12.0. The van der Waals surface area contributed by atoms with Crippen molar-refractivity contribution in [2.45, 2.75) is 51.1 Å². The predicted molar refractivity (Wildman–Crippen MR) is 112 cm³/mol. The summed E-state index contributed by atoms with van der Waals surface area (Å²) in [5, 5.41) is 6.54. The largest absolute Gasteiger partial charge is 0.353 e. The fraction of sp³-hybridized carbons (Fsp3) is 0.391. The van der Waals surface area contributed by atoms with Gasteiger partial charge in [0.05, 0.1) is 11.0 Å². The lowest BCUT2D eigenvalue weighted by Crippen LogP contribution is -2.37. The fourth-order valence-electron chi connectivity index (χ4n) is 3.92. The second kappa shape index (κ2) is 9.02. The predicted octanol–water partition coefficient (Wildman–Crippen LogP) is 3.95. The first-order valence-corrected chi connectivity index (χ1v) is 10.3. The van der Waals surface area contributed by atoms with Crippen molar-refractivity contribution < 1.29 is 4.79 Å². The van der Waals surface area contributed by atoms with Crippen LogP contribution in [0.3, 0.4) is 0 Å².